The average molecular weight is 288 g/mol. The Morgan fingerprint density at radius 3 is 2.57 bits per heavy atom. The van der Waals surface area contributed by atoms with Crippen LogP contribution < -0.4 is 5.32 Å². The number of rotatable bonds is 5. The van der Waals surface area contributed by atoms with E-state index in [9.17, 15) is 9.59 Å². The second kappa shape index (κ2) is 6.17. The van der Waals surface area contributed by atoms with Crippen LogP contribution in [0.2, 0.25) is 0 Å². The van der Waals surface area contributed by atoms with E-state index in [1.165, 1.54) is 6.20 Å². The van der Waals surface area contributed by atoms with Gasteiger partial charge in [-0.2, -0.15) is 0 Å². The molecule has 1 amide bonds. The van der Waals surface area contributed by atoms with Gasteiger partial charge >= 0.3 is 5.97 Å². The highest BCUT2D eigenvalue weighted by molar-refractivity contribution is 5.96. The molecule has 21 heavy (non-hydrogen) atoms. The molecule has 110 valence electrons. The normalized spacial score (nSPS) is 12.1. The molecule has 0 aliphatic rings. The van der Waals surface area contributed by atoms with E-state index in [0.717, 1.165) is 0 Å². The molecule has 0 spiro atoms. The first kappa shape index (κ1) is 14.7. The minimum atomic E-state index is -1.05. The second-order valence-electron chi connectivity index (χ2n) is 4.91. The maximum atomic E-state index is 12.0. The van der Waals surface area contributed by atoms with Crippen molar-refractivity contribution < 1.29 is 14.7 Å². The average Bonchev–Trinajstić information content (AvgIpc) is 2.98. The number of pyridine rings is 1. The molecule has 2 aromatic rings. The zero-order valence-corrected chi connectivity index (χ0v) is 11.7. The fourth-order valence-electron chi connectivity index (χ4n) is 1.81. The summed E-state index contributed by atoms with van der Waals surface area (Å²) in [7, 11) is 0. The van der Waals surface area contributed by atoms with E-state index < -0.39 is 17.9 Å². The van der Waals surface area contributed by atoms with Crippen molar-refractivity contribution in [1.82, 2.24) is 19.9 Å². The Kier molecular flexibility index (Phi) is 4.32. The van der Waals surface area contributed by atoms with Crippen LogP contribution in [0.25, 0.3) is 5.82 Å². The minimum absolute atomic E-state index is 0.204. The van der Waals surface area contributed by atoms with Crippen LogP contribution in [-0.2, 0) is 4.79 Å². The molecule has 1 atom stereocenters. The summed E-state index contributed by atoms with van der Waals surface area (Å²) in [6.45, 7) is 3.47. The molecule has 7 nitrogen and oxygen atoms in total. The van der Waals surface area contributed by atoms with Gasteiger partial charge in [-0.1, -0.05) is 13.8 Å². The number of carboxylic acids is 1. The highest BCUT2D eigenvalue weighted by atomic mass is 16.4. The topological polar surface area (TPSA) is 97.1 Å². The number of carboxylic acid groups (broad SMARTS) is 1. The van der Waals surface area contributed by atoms with Gasteiger partial charge in [0.25, 0.3) is 5.91 Å². The van der Waals surface area contributed by atoms with E-state index in [0.29, 0.717) is 11.4 Å². The summed E-state index contributed by atoms with van der Waals surface area (Å²) in [5, 5.41) is 11.6. The number of carbonyl (C=O) groups is 2. The molecular weight excluding hydrogens is 272 g/mol. The summed E-state index contributed by atoms with van der Waals surface area (Å²) in [4.78, 5) is 31.2. The third kappa shape index (κ3) is 3.44. The summed E-state index contributed by atoms with van der Waals surface area (Å²) < 4.78 is 1.70. The van der Waals surface area contributed by atoms with Crippen LogP contribution in [0.3, 0.4) is 0 Å². The van der Waals surface area contributed by atoms with E-state index in [1.807, 2.05) is 0 Å². The lowest BCUT2D eigenvalue weighted by molar-refractivity contribution is -0.140. The molecule has 7 heteroatoms. The number of amides is 1. The standard InChI is InChI=1S/C14H16N4O3/c1-9(2)12(14(20)21)17-13(19)10-3-4-11(16-7-10)18-6-5-15-8-18/h3-9,12H,1-2H3,(H,17,19)(H,20,21)/t12-/m0/s1. The summed E-state index contributed by atoms with van der Waals surface area (Å²) in [5.41, 5.74) is 0.311. The maximum Gasteiger partial charge on any atom is 0.326 e. The van der Waals surface area contributed by atoms with Gasteiger partial charge in [-0.15, -0.1) is 0 Å². The van der Waals surface area contributed by atoms with E-state index in [2.05, 4.69) is 15.3 Å². The molecule has 0 saturated heterocycles. The molecule has 2 heterocycles. The van der Waals surface area contributed by atoms with Crippen LogP contribution >= 0.6 is 0 Å². The van der Waals surface area contributed by atoms with Crippen molar-refractivity contribution in [1.29, 1.82) is 0 Å². The molecule has 2 rings (SSSR count). The first-order valence-corrected chi connectivity index (χ1v) is 6.47. The van der Waals surface area contributed by atoms with Crippen LogP contribution in [0.15, 0.2) is 37.1 Å². The first-order valence-electron chi connectivity index (χ1n) is 6.47. The zero-order chi connectivity index (χ0) is 15.4. The summed E-state index contributed by atoms with van der Waals surface area (Å²) in [6, 6.07) is 2.34. The molecule has 0 aromatic carbocycles. The fraction of sp³-hybridized carbons (Fsp3) is 0.286. The van der Waals surface area contributed by atoms with E-state index in [-0.39, 0.29) is 5.92 Å². The van der Waals surface area contributed by atoms with E-state index in [1.54, 1.807) is 49.3 Å². The number of aromatic nitrogens is 3. The van der Waals surface area contributed by atoms with E-state index in [4.69, 9.17) is 5.11 Å². The molecular formula is C14H16N4O3. The monoisotopic (exact) mass is 288 g/mol. The van der Waals surface area contributed by atoms with Gasteiger partial charge in [0.15, 0.2) is 0 Å². The van der Waals surface area contributed by atoms with Gasteiger partial charge in [-0.3, -0.25) is 9.36 Å². The number of nitrogens with zero attached hydrogens (tertiary/aromatic N) is 3. The molecule has 2 aromatic heterocycles. The molecule has 0 saturated carbocycles. The lowest BCUT2D eigenvalue weighted by atomic mass is 10.0. The lowest BCUT2D eigenvalue weighted by Crippen LogP contribution is -2.44. The molecule has 0 aliphatic heterocycles. The van der Waals surface area contributed by atoms with Crippen LogP contribution in [-0.4, -0.2) is 37.6 Å². The van der Waals surface area contributed by atoms with Gasteiger partial charge < -0.3 is 10.4 Å². The Hall–Kier alpha value is -2.70. The SMILES string of the molecule is CC(C)[C@H](NC(=O)c1ccc(-n2ccnc2)nc1)C(=O)O. The van der Waals surface area contributed by atoms with Crippen molar-refractivity contribution in [3.05, 3.63) is 42.6 Å². The Labute approximate surface area is 121 Å². The van der Waals surface area contributed by atoms with Crippen molar-refractivity contribution in [2.45, 2.75) is 19.9 Å². The summed E-state index contributed by atoms with van der Waals surface area (Å²) in [6.07, 6.45) is 6.37. The van der Waals surface area contributed by atoms with Crippen LogP contribution in [0.4, 0.5) is 0 Å². The predicted octanol–water partition coefficient (Wildman–Crippen LogP) is 1.11. The predicted molar refractivity (Wildman–Crippen MR) is 75.1 cm³/mol. The quantitative estimate of drug-likeness (QED) is 0.859. The molecule has 0 aliphatic carbocycles. The number of hydrogen-bond acceptors (Lipinski definition) is 4. The first-order chi connectivity index (χ1) is 9.99. The largest absolute Gasteiger partial charge is 0.480 e. The summed E-state index contributed by atoms with van der Waals surface area (Å²) >= 11 is 0. The fourth-order valence-corrected chi connectivity index (χ4v) is 1.81. The van der Waals surface area contributed by atoms with Crippen molar-refractivity contribution in [3.8, 4) is 5.82 Å². The Morgan fingerprint density at radius 2 is 2.10 bits per heavy atom. The van der Waals surface area contributed by atoms with Crippen molar-refractivity contribution in [2.24, 2.45) is 5.92 Å². The highest BCUT2D eigenvalue weighted by Crippen LogP contribution is 2.07. The maximum absolute atomic E-state index is 12.0. The van der Waals surface area contributed by atoms with Crippen molar-refractivity contribution >= 4 is 11.9 Å². The smallest absolute Gasteiger partial charge is 0.326 e. The van der Waals surface area contributed by atoms with Gasteiger partial charge in [0.1, 0.15) is 18.2 Å². The molecule has 0 unspecified atom stereocenters. The lowest BCUT2D eigenvalue weighted by Gasteiger charge is -2.17. The minimum Gasteiger partial charge on any atom is -0.480 e. The Morgan fingerprint density at radius 1 is 1.33 bits per heavy atom. The number of hydrogen-bond donors (Lipinski definition) is 2. The second-order valence-corrected chi connectivity index (χ2v) is 4.91. The third-order valence-corrected chi connectivity index (χ3v) is 3.00. The van der Waals surface area contributed by atoms with Gasteiger partial charge in [-0.25, -0.2) is 14.8 Å². The third-order valence-electron chi connectivity index (χ3n) is 3.00. The van der Waals surface area contributed by atoms with Crippen molar-refractivity contribution in [2.75, 3.05) is 0 Å². The van der Waals surface area contributed by atoms with Gasteiger partial charge in [-0.05, 0) is 18.1 Å². The number of carbonyl (C=O) groups excluding carboxylic acids is 1. The molecule has 0 fully saturated rings. The molecule has 2 N–H and O–H groups in total. The van der Waals surface area contributed by atoms with Gasteiger partial charge in [0.05, 0.1) is 5.56 Å². The van der Waals surface area contributed by atoms with Crippen molar-refractivity contribution in [3.63, 3.8) is 0 Å². The zero-order valence-electron chi connectivity index (χ0n) is 11.7. The highest BCUT2D eigenvalue weighted by Gasteiger charge is 2.23. The number of imidazole rings is 1. The number of aliphatic carboxylic acids is 1. The Bertz CT molecular complexity index is 620. The van der Waals surface area contributed by atoms with Crippen LogP contribution in [0.1, 0.15) is 24.2 Å². The Balaban J connectivity index is 2.11. The summed E-state index contributed by atoms with van der Waals surface area (Å²) in [5.74, 6) is -1.09. The molecule has 0 radical (unpaired) electrons. The van der Waals surface area contributed by atoms with Gasteiger partial charge in [0.2, 0.25) is 0 Å². The molecule has 0 bridgehead atoms. The van der Waals surface area contributed by atoms with Crippen LogP contribution in [0.5, 0.6) is 0 Å². The van der Waals surface area contributed by atoms with E-state index >= 15 is 0 Å². The number of nitrogens with one attached hydrogen (secondary N) is 1. The van der Waals surface area contributed by atoms with Crippen LogP contribution in [0, 0.1) is 5.92 Å². The van der Waals surface area contributed by atoms with Gasteiger partial charge in [0, 0.05) is 18.6 Å².